The molecule has 0 atom stereocenters. The number of rotatable bonds is 8. The third kappa shape index (κ3) is 6.38. The molecule has 2 aromatic carbocycles. The van der Waals surface area contributed by atoms with Crippen LogP contribution in [0, 0.1) is 0 Å². The van der Waals surface area contributed by atoms with Crippen LogP contribution in [0.15, 0.2) is 129 Å². The first-order valence-electron chi connectivity index (χ1n) is 17.9. The molecule has 0 amide bonds. The van der Waals surface area contributed by atoms with Gasteiger partial charge >= 0.3 is 0 Å². The van der Waals surface area contributed by atoms with E-state index >= 15 is 0 Å². The fourth-order valence-corrected chi connectivity index (χ4v) is 7.20. The van der Waals surface area contributed by atoms with Crippen molar-refractivity contribution in [1.82, 2.24) is 14.9 Å². The number of hydrogen-bond donors (Lipinski definition) is 2. The number of aliphatic imine (C=N–C) groups is 4. The fourth-order valence-electron chi connectivity index (χ4n) is 7.20. The predicted octanol–water partition coefficient (Wildman–Crippen LogP) is 7.63. The Kier molecular flexibility index (Phi) is 8.28. The Bertz CT molecular complexity index is 2010. The number of aromatic nitrogens is 2. The van der Waals surface area contributed by atoms with Crippen LogP contribution in [0.3, 0.4) is 0 Å². The maximum absolute atomic E-state index is 5.12. The summed E-state index contributed by atoms with van der Waals surface area (Å²) < 4.78 is 0. The Morgan fingerprint density at radius 1 is 0.549 bits per heavy atom. The average Bonchev–Trinajstić information content (AvgIpc) is 3.19. The number of guanidine groups is 1. The summed E-state index contributed by atoms with van der Waals surface area (Å²) in [5.41, 5.74) is 5.88. The van der Waals surface area contributed by atoms with Crippen LogP contribution in [0.5, 0.6) is 0 Å². The highest BCUT2D eigenvalue weighted by molar-refractivity contribution is 6.26. The van der Waals surface area contributed by atoms with E-state index < -0.39 is 0 Å². The van der Waals surface area contributed by atoms with Crippen LogP contribution in [0.2, 0.25) is 0 Å². The first-order valence-corrected chi connectivity index (χ1v) is 17.9. The Labute approximate surface area is 297 Å². The minimum Gasteiger partial charge on any atom is -0.371 e. The molecule has 0 radical (unpaired) electrons. The zero-order valence-electron chi connectivity index (χ0n) is 28.4. The lowest BCUT2D eigenvalue weighted by atomic mass is 10.1. The first-order chi connectivity index (χ1) is 25.2. The van der Waals surface area contributed by atoms with Crippen LogP contribution in [0.1, 0.15) is 49.7 Å². The van der Waals surface area contributed by atoms with Gasteiger partial charge in [0.15, 0.2) is 11.7 Å². The van der Waals surface area contributed by atoms with Gasteiger partial charge in [-0.05, 0) is 111 Å². The molecule has 11 heteroatoms. The molecule has 0 spiro atoms. The van der Waals surface area contributed by atoms with E-state index in [9.17, 15) is 0 Å². The average molecular weight is 674 g/mol. The van der Waals surface area contributed by atoms with Crippen molar-refractivity contribution in [2.75, 3.05) is 46.6 Å². The van der Waals surface area contributed by atoms with E-state index in [-0.39, 0.29) is 0 Å². The highest BCUT2D eigenvalue weighted by Crippen LogP contribution is 2.34. The summed E-state index contributed by atoms with van der Waals surface area (Å²) in [6.45, 7) is 4.20. The third-order valence-corrected chi connectivity index (χ3v) is 9.79. The molecule has 0 aliphatic carbocycles. The molecule has 4 aromatic rings. The standard InChI is InChI=1S/C40H39N11/c1-7-22-49(23-8-1)28-16-18-30(32(26-28)43-34-12-3-5-20-41-34)38-45-36-14-11-15-37-46-39(48-40(47-38)51(36)37)31-19-17-29(50-24-9-2-10-25-50)27-33(31)44-35-13-4-6-21-42-35/h3-6,11-21,26-27H,1-2,7-10,22-25H2,(H,41,43)(H,42,44). The SMILES string of the molecule is C1=CC2=NC(c3ccc(N4CCCCC4)cc3Nc3ccccn3)=NC3=NC(c4ccc(N5CCCCC5)cc4Nc4ccccn4)=NC(=C1)N23. The van der Waals surface area contributed by atoms with Crippen molar-refractivity contribution >= 4 is 57.9 Å². The minimum absolute atomic E-state index is 0.517. The van der Waals surface area contributed by atoms with Crippen molar-refractivity contribution in [3.8, 4) is 0 Å². The van der Waals surface area contributed by atoms with Gasteiger partial charge in [-0.3, -0.25) is 0 Å². The summed E-state index contributed by atoms with van der Waals surface area (Å²) in [6, 6.07) is 24.7. The lowest BCUT2D eigenvalue weighted by molar-refractivity contribution is 0.578. The Hall–Kier alpha value is -6.10. The van der Waals surface area contributed by atoms with Gasteiger partial charge in [0.1, 0.15) is 23.3 Å². The number of nitrogens with one attached hydrogen (secondary N) is 2. The number of anilines is 6. The first kappa shape index (κ1) is 30.9. The molecule has 7 heterocycles. The van der Waals surface area contributed by atoms with Crippen LogP contribution >= 0.6 is 0 Å². The largest absolute Gasteiger partial charge is 0.371 e. The van der Waals surface area contributed by atoms with E-state index in [0.29, 0.717) is 17.6 Å². The van der Waals surface area contributed by atoms with Crippen LogP contribution in [-0.4, -0.2) is 64.5 Å². The summed E-state index contributed by atoms with van der Waals surface area (Å²) in [7, 11) is 0. The van der Waals surface area contributed by atoms with Crippen molar-refractivity contribution in [2.45, 2.75) is 38.5 Å². The van der Waals surface area contributed by atoms with Gasteiger partial charge in [0.2, 0.25) is 5.96 Å². The number of benzene rings is 2. The van der Waals surface area contributed by atoms with Crippen molar-refractivity contribution in [2.24, 2.45) is 20.0 Å². The van der Waals surface area contributed by atoms with E-state index in [2.05, 4.69) is 66.8 Å². The maximum Gasteiger partial charge on any atom is 0.241 e. The van der Waals surface area contributed by atoms with Gasteiger partial charge in [0.25, 0.3) is 0 Å². The number of hydrogen-bond acceptors (Lipinski definition) is 11. The van der Waals surface area contributed by atoms with Crippen LogP contribution in [0.4, 0.5) is 34.4 Å². The Balaban J connectivity index is 1.12. The zero-order chi connectivity index (χ0) is 34.0. The van der Waals surface area contributed by atoms with Gasteiger partial charge in [0, 0.05) is 61.1 Å². The molecular formula is C40H39N11. The quantitative estimate of drug-likeness (QED) is 0.198. The molecule has 2 N–H and O–H groups in total. The topological polar surface area (TPSA) is 109 Å². The second-order valence-electron chi connectivity index (χ2n) is 13.2. The number of allylic oxidation sites excluding steroid dienone is 2. The molecule has 2 saturated heterocycles. The summed E-state index contributed by atoms with van der Waals surface area (Å²) in [6.07, 6.45) is 16.9. The van der Waals surface area contributed by atoms with Crippen LogP contribution in [-0.2, 0) is 0 Å². The summed E-state index contributed by atoms with van der Waals surface area (Å²) in [5, 5.41) is 7.12. The molecule has 5 aliphatic heterocycles. The number of amidine groups is 3. The number of piperidine rings is 2. The van der Waals surface area contributed by atoms with E-state index in [0.717, 1.165) is 72.0 Å². The van der Waals surface area contributed by atoms with Crippen LogP contribution in [0.25, 0.3) is 0 Å². The van der Waals surface area contributed by atoms with Gasteiger partial charge in [-0.1, -0.05) is 18.2 Å². The molecule has 0 bridgehead atoms. The van der Waals surface area contributed by atoms with E-state index in [1.165, 1.54) is 49.9 Å². The van der Waals surface area contributed by atoms with E-state index in [1.54, 1.807) is 12.4 Å². The van der Waals surface area contributed by atoms with Gasteiger partial charge < -0.3 is 20.4 Å². The van der Waals surface area contributed by atoms with Gasteiger partial charge in [-0.15, -0.1) is 0 Å². The maximum atomic E-state index is 5.12. The Morgan fingerprint density at radius 2 is 1.12 bits per heavy atom. The number of pyridine rings is 2. The molecule has 11 nitrogen and oxygen atoms in total. The van der Waals surface area contributed by atoms with Gasteiger partial charge in [-0.25, -0.2) is 24.9 Å². The molecular weight excluding hydrogens is 635 g/mol. The molecule has 2 aromatic heterocycles. The highest BCUT2D eigenvalue weighted by Gasteiger charge is 2.32. The third-order valence-electron chi connectivity index (χ3n) is 9.79. The number of nitrogens with zero attached hydrogens (tertiary/aromatic N) is 9. The molecule has 9 rings (SSSR count). The van der Waals surface area contributed by atoms with Crippen molar-refractivity contribution in [3.05, 3.63) is 120 Å². The van der Waals surface area contributed by atoms with E-state index in [4.69, 9.17) is 20.0 Å². The summed E-state index contributed by atoms with van der Waals surface area (Å²) in [4.78, 5) is 36.3. The molecule has 5 aliphatic rings. The highest BCUT2D eigenvalue weighted by atomic mass is 15.4. The Morgan fingerprint density at radius 3 is 1.67 bits per heavy atom. The fraction of sp³-hybridized carbons (Fsp3) is 0.250. The van der Waals surface area contributed by atoms with E-state index in [1.807, 2.05) is 59.5 Å². The second-order valence-corrected chi connectivity index (χ2v) is 13.2. The molecule has 2 fully saturated rings. The normalized spacial score (nSPS) is 18.2. The summed E-state index contributed by atoms with van der Waals surface area (Å²) >= 11 is 0. The molecule has 254 valence electrons. The smallest absolute Gasteiger partial charge is 0.241 e. The molecule has 51 heavy (non-hydrogen) atoms. The summed E-state index contributed by atoms with van der Waals surface area (Å²) in [5.74, 6) is 4.61. The minimum atomic E-state index is 0.517. The lowest BCUT2D eigenvalue weighted by Crippen LogP contribution is -2.41. The monoisotopic (exact) mass is 673 g/mol. The molecule has 0 saturated carbocycles. The second kappa shape index (κ2) is 13.7. The van der Waals surface area contributed by atoms with Crippen molar-refractivity contribution < 1.29 is 0 Å². The molecule has 0 unspecified atom stereocenters. The van der Waals surface area contributed by atoms with Crippen LogP contribution < -0.4 is 20.4 Å². The predicted molar refractivity (Wildman–Crippen MR) is 207 cm³/mol. The van der Waals surface area contributed by atoms with Crippen molar-refractivity contribution in [1.29, 1.82) is 0 Å². The van der Waals surface area contributed by atoms with Gasteiger partial charge in [0.05, 0.1) is 11.4 Å². The van der Waals surface area contributed by atoms with Gasteiger partial charge in [-0.2, -0.15) is 9.98 Å². The van der Waals surface area contributed by atoms with Crippen molar-refractivity contribution in [3.63, 3.8) is 0 Å². The zero-order valence-corrected chi connectivity index (χ0v) is 28.4. The lowest BCUT2D eigenvalue weighted by Gasteiger charge is -2.32.